The third-order valence-electron chi connectivity index (χ3n) is 1.82. The Morgan fingerprint density at radius 3 is 2.94 bits per heavy atom. The zero-order valence-electron chi connectivity index (χ0n) is 9.90. The molecule has 1 rings (SSSR count). The van der Waals surface area contributed by atoms with Crippen LogP contribution in [-0.2, 0) is 27.1 Å². The predicted octanol–water partition coefficient (Wildman–Crippen LogP) is 0.999. The fraction of sp³-hybridized carbons (Fsp3) is 0.700. The third-order valence-corrected chi connectivity index (χ3v) is 1.82. The van der Waals surface area contributed by atoms with Gasteiger partial charge in [0.15, 0.2) is 5.82 Å². The SMILES string of the molecule is CCOC(=O)Cc1nc(CCOCC(F)F)no1. The van der Waals surface area contributed by atoms with Gasteiger partial charge >= 0.3 is 5.97 Å². The van der Waals surface area contributed by atoms with Crippen molar-refractivity contribution in [2.75, 3.05) is 19.8 Å². The van der Waals surface area contributed by atoms with Gasteiger partial charge in [0.2, 0.25) is 5.89 Å². The molecule has 0 saturated heterocycles. The minimum atomic E-state index is -2.49. The van der Waals surface area contributed by atoms with Crippen LogP contribution in [0, 0.1) is 0 Å². The second kappa shape index (κ2) is 7.70. The lowest BCUT2D eigenvalue weighted by molar-refractivity contribution is -0.142. The monoisotopic (exact) mass is 264 g/mol. The number of rotatable bonds is 8. The summed E-state index contributed by atoms with van der Waals surface area (Å²) < 4.78 is 37.7. The molecular weight excluding hydrogens is 250 g/mol. The molecule has 0 spiro atoms. The van der Waals surface area contributed by atoms with Crippen molar-refractivity contribution < 1.29 is 27.6 Å². The summed E-state index contributed by atoms with van der Waals surface area (Å²) in [7, 11) is 0. The predicted molar refractivity (Wildman–Crippen MR) is 55.2 cm³/mol. The van der Waals surface area contributed by atoms with E-state index < -0.39 is 19.0 Å². The molecule has 0 N–H and O–H groups in total. The Bertz CT molecular complexity index is 371. The maximum Gasteiger partial charge on any atom is 0.315 e. The average Bonchev–Trinajstić information content (AvgIpc) is 2.72. The van der Waals surface area contributed by atoms with Crippen LogP contribution in [0.4, 0.5) is 8.78 Å². The minimum absolute atomic E-state index is 0.0721. The highest BCUT2D eigenvalue weighted by molar-refractivity contribution is 5.71. The van der Waals surface area contributed by atoms with E-state index in [-0.39, 0.29) is 31.9 Å². The lowest BCUT2D eigenvalue weighted by Gasteiger charge is -1.99. The zero-order valence-corrected chi connectivity index (χ0v) is 9.90. The molecule has 6 nitrogen and oxygen atoms in total. The van der Waals surface area contributed by atoms with E-state index in [1.165, 1.54) is 0 Å². The first-order chi connectivity index (χ1) is 8.61. The summed E-state index contributed by atoms with van der Waals surface area (Å²) in [6.45, 7) is 1.43. The summed E-state index contributed by atoms with van der Waals surface area (Å²) >= 11 is 0. The molecule has 0 aliphatic carbocycles. The van der Waals surface area contributed by atoms with Gasteiger partial charge in [-0.3, -0.25) is 4.79 Å². The van der Waals surface area contributed by atoms with E-state index >= 15 is 0 Å². The number of carbonyl (C=O) groups is 1. The average molecular weight is 264 g/mol. The lowest BCUT2D eigenvalue weighted by atomic mass is 10.4. The summed E-state index contributed by atoms with van der Waals surface area (Å²) in [5, 5.41) is 3.58. The van der Waals surface area contributed by atoms with Crippen LogP contribution < -0.4 is 0 Å². The van der Waals surface area contributed by atoms with Crippen molar-refractivity contribution in [1.29, 1.82) is 0 Å². The number of alkyl halides is 2. The Morgan fingerprint density at radius 2 is 2.28 bits per heavy atom. The van der Waals surface area contributed by atoms with Crippen molar-refractivity contribution in [3.8, 4) is 0 Å². The van der Waals surface area contributed by atoms with Crippen LogP contribution in [0.15, 0.2) is 4.52 Å². The molecule has 0 saturated carbocycles. The fourth-order valence-electron chi connectivity index (χ4n) is 1.13. The molecule has 102 valence electrons. The largest absolute Gasteiger partial charge is 0.466 e. The molecule has 8 heteroatoms. The van der Waals surface area contributed by atoms with E-state index in [0.29, 0.717) is 5.82 Å². The topological polar surface area (TPSA) is 74.5 Å². The molecule has 1 aromatic rings. The van der Waals surface area contributed by atoms with Crippen molar-refractivity contribution in [2.24, 2.45) is 0 Å². The summed E-state index contributed by atoms with van der Waals surface area (Å²) in [5.74, 6) is -0.0116. The van der Waals surface area contributed by atoms with Crippen LogP contribution in [0.1, 0.15) is 18.6 Å². The molecule has 0 aliphatic heterocycles. The normalized spacial score (nSPS) is 10.9. The Labute approximate surface area is 102 Å². The molecule has 0 atom stereocenters. The molecule has 0 amide bonds. The van der Waals surface area contributed by atoms with Crippen molar-refractivity contribution in [1.82, 2.24) is 10.1 Å². The number of ether oxygens (including phenoxy) is 2. The molecule has 1 heterocycles. The van der Waals surface area contributed by atoms with Crippen molar-refractivity contribution in [3.05, 3.63) is 11.7 Å². The molecule has 18 heavy (non-hydrogen) atoms. The van der Waals surface area contributed by atoms with E-state index in [4.69, 9.17) is 9.26 Å². The first kappa shape index (κ1) is 14.5. The smallest absolute Gasteiger partial charge is 0.315 e. The minimum Gasteiger partial charge on any atom is -0.466 e. The fourth-order valence-corrected chi connectivity index (χ4v) is 1.13. The van der Waals surface area contributed by atoms with Crippen LogP contribution >= 0.6 is 0 Å². The van der Waals surface area contributed by atoms with Crippen LogP contribution in [-0.4, -0.2) is 42.4 Å². The van der Waals surface area contributed by atoms with Crippen molar-refractivity contribution >= 4 is 5.97 Å². The molecule has 0 aliphatic rings. The zero-order chi connectivity index (χ0) is 13.4. The number of carbonyl (C=O) groups excluding carboxylic acids is 1. The first-order valence-corrected chi connectivity index (χ1v) is 5.44. The highest BCUT2D eigenvalue weighted by Gasteiger charge is 2.12. The second-order valence-corrected chi connectivity index (χ2v) is 3.30. The molecule has 0 radical (unpaired) electrons. The molecule has 0 fully saturated rings. The molecule has 0 unspecified atom stereocenters. The molecule has 0 aromatic carbocycles. The van der Waals surface area contributed by atoms with Crippen LogP contribution in [0.2, 0.25) is 0 Å². The highest BCUT2D eigenvalue weighted by Crippen LogP contribution is 2.01. The van der Waals surface area contributed by atoms with Crippen molar-refractivity contribution in [2.45, 2.75) is 26.2 Å². The summed E-state index contributed by atoms with van der Waals surface area (Å²) in [5.41, 5.74) is 0. The van der Waals surface area contributed by atoms with Gasteiger partial charge in [0.1, 0.15) is 13.0 Å². The van der Waals surface area contributed by atoms with Gasteiger partial charge in [-0.2, -0.15) is 4.98 Å². The summed E-state index contributed by atoms with van der Waals surface area (Å²) in [4.78, 5) is 15.0. The molecular formula is C10H14F2N2O4. The van der Waals surface area contributed by atoms with Gasteiger partial charge in [-0.05, 0) is 6.92 Å². The number of nitrogens with zero attached hydrogens (tertiary/aromatic N) is 2. The highest BCUT2D eigenvalue weighted by atomic mass is 19.3. The van der Waals surface area contributed by atoms with Gasteiger partial charge in [0.05, 0.1) is 13.2 Å². The van der Waals surface area contributed by atoms with E-state index in [2.05, 4.69) is 14.9 Å². The number of hydrogen-bond donors (Lipinski definition) is 0. The van der Waals surface area contributed by atoms with E-state index in [1.54, 1.807) is 6.92 Å². The van der Waals surface area contributed by atoms with Gasteiger partial charge in [0, 0.05) is 6.42 Å². The summed E-state index contributed by atoms with van der Waals surface area (Å²) in [6.07, 6.45) is -2.34. The maximum atomic E-state index is 11.8. The Hall–Kier alpha value is -1.57. The standard InChI is InChI=1S/C10H14F2N2O4/c1-2-17-10(15)5-9-13-8(14-18-9)3-4-16-6-7(11)12/h7H,2-6H2,1H3. The molecule has 0 bridgehead atoms. The van der Waals surface area contributed by atoms with Crippen LogP contribution in [0.5, 0.6) is 0 Å². The number of hydrogen-bond acceptors (Lipinski definition) is 6. The maximum absolute atomic E-state index is 11.8. The van der Waals surface area contributed by atoms with E-state index in [0.717, 1.165) is 0 Å². The van der Waals surface area contributed by atoms with Gasteiger partial charge in [-0.15, -0.1) is 0 Å². The number of aromatic nitrogens is 2. The molecule has 1 aromatic heterocycles. The first-order valence-electron chi connectivity index (χ1n) is 5.44. The Balaban J connectivity index is 2.27. The Morgan fingerprint density at radius 1 is 1.50 bits per heavy atom. The van der Waals surface area contributed by atoms with Crippen molar-refractivity contribution in [3.63, 3.8) is 0 Å². The van der Waals surface area contributed by atoms with Gasteiger partial charge in [-0.25, -0.2) is 8.78 Å². The number of esters is 1. The summed E-state index contributed by atoms with van der Waals surface area (Å²) in [6, 6.07) is 0. The Kier molecular flexibility index (Phi) is 6.20. The van der Waals surface area contributed by atoms with Crippen LogP contribution in [0.25, 0.3) is 0 Å². The third kappa shape index (κ3) is 5.67. The van der Waals surface area contributed by atoms with E-state index in [1.807, 2.05) is 0 Å². The van der Waals surface area contributed by atoms with Gasteiger partial charge in [0.25, 0.3) is 6.43 Å². The second-order valence-electron chi connectivity index (χ2n) is 3.30. The van der Waals surface area contributed by atoms with Crippen LogP contribution in [0.3, 0.4) is 0 Å². The lowest BCUT2D eigenvalue weighted by Crippen LogP contribution is -2.09. The number of halogens is 2. The van der Waals surface area contributed by atoms with Gasteiger partial charge < -0.3 is 14.0 Å². The van der Waals surface area contributed by atoms with E-state index in [9.17, 15) is 13.6 Å². The van der Waals surface area contributed by atoms with Gasteiger partial charge in [-0.1, -0.05) is 5.16 Å². The quantitative estimate of drug-likeness (QED) is 0.515.